The summed E-state index contributed by atoms with van der Waals surface area (Å²) in [4.78, 5) is 14.1. The largest absolute Gasteiger partial charge is 0.497 e. The quantitative estimate of drug-likeness (QED) is 0.793. The van der Waals surface area contributed by atoms with Crippen molar-refractivity contribution in [1.29, 1.82) is 0 Å². The molecule has 0 bridgehead atoms. The lowest BCUT2D eigenvalue weighted by Crippen LogP contribution is -2.40. The number of methoxy groups -OCH3 is 1. The maximum absolute atomic E-state index is 11.8. The van der Waals surface area contributed by atoms with Crippen LogP contribution < -0.4 is 4.74 Å². The van der Waals surface area contributed by atoms with Crippen LogP contribution in [0.2, 0.25) is 0 Å². The van der Waals surface area contributed by atoms with Gasteiger partial charge >= 0.3 is 5.97 Å². The molecule has 3 rings (SSSR count). The molecule has 20 heavy (non-hydrogen) atoms. The predicted molar refractivity (Wildman–Crippen MR) is 75.9 cm³/mol. The lowest BCUT2D eigenvalue weighted by atomic mass is 9.97. The SMILES string of the molecule is COc1ccc([C@H]2C[C@H](C)N([C@@H]3CCOC3=O)C2)cc1. The van der Waals surface area contributed by atoms with E-state index in [9.17, 15) is 4.79 Å². The minimum atomic E-state index is -0.0489. The summed E-state index contributed by atoms with van der Waals surface area (Å²) in [6, 6.07) is 8.67. The Bertz CT molecular complexity index is 485. The van der Waals surface area contributed by atoms with Crippen LogP contribution in [0.25, 0.3) is 0 Å². The first-order valence-corrected chi connectivity index (χ1v) is 7.25. The summed E-state index contributed by atoms with van der Waals surface area (Å²) in [6.45, 7) is 3.71. The summed E-state index contributed by atoms with van der Waals surface area (Å²) in [6.07, 6.45) is 1.93. The summed E-state index contributed by atoms with van der Waals surface area (Å²) in [5.41, 5.74) is 1.33. The average molecular weight is 275 g/mol. The number of hydrogen-bond acceptors (Lipinski definition) is 4. The molecule has 0 aromatic heterocycles. The van der Waals surface area contributed by atoms with Crippen LogP contribution in [0.15, 0.2) is 24.3 Å². The van der Waals surface area contributed by atoms with Gasteiger partial charge in [-0.3, -0.25) is 9.69 Å². The minimum absolute atomic E-state index is 0.0340. The fraction of sp³-hybridized carbons (Fsp3) is 0.562. The van der Waals surface area contributed by atoms with Crippen molar-refractivity contribution in [3.8, 4) is 5.75 Å². The van der Waals surface area contributed by atoms with Crippen molar-refractivity contribution in [2.75, 3.05) is 20.3 Å². The Morgan fingerprint density at radius 3 is 2.65 bits per heavy atom. The van der Waals surface area contributed by atoms with E-state index in [4.69, 9.17) is 9.47 Å². The van der Waals surface area contributed by atoms with Crippen molar-refractivity contribution < 1.29 is 14.3 Å². The van der Waals surface area contributed by atoms with Gasteiger partial charge in [0.2, 0.25) is 0 Å². The second-order valence-electron chi connectivity index (χ2n) is 5.72. The summed E-state index contributed by atoms with van der Waals surface area (Å²) >= 11 is 0. The topological polar surface area (TPSA) is 38.8 Å². The van der Waals surface area contributed by atoms with Crippen LogP contribution in [-0.2, 0) is 9.53 Å². The van der Waals surface area contributed by atoms with Crippen molar-refractivity contribution in [3.05, 3.63) is 29.8 Å². The van der Waals surface area contributed by atoms with Crippen LogP contribution in [0.1, 0.15) is 31.2 Å². The van der Waals surface area contributed by atoms with Gasteiger partial charge in [0.05, 0.1) is 13.7 Å². The summed E-state index contributed by atoms with van der Waals surface area (Å²) in [5.74, 6) is 1.33. The molecule has 0 radical (unpaired) electrons. The third-order valence-electron chi connectivity index (χ3n) is 4.52. The maximum atomic E-state index is 11.8. The lowest BCUT2D eigenvalue weighted by Gasteiger charge is -2.25. The van der Waals surface area contributed by atoms with Gasteiger partial charge in [0.15, 0.2) is 0 Å². The Hall–Kier alpha value is -1.55. The van der Waals surface area contributed by atoms with Crippen molar-refractivity contribution in [2.45, 2.75) is 37.8 Å². The first-order chi connectivity index (χ1) is 9.69. The minimum Gasteiger partial charge on any atom is -0.497 e. The molecule has 0 amide bonds. The first-order valence-electron chi connectivity index (χ1n) is 7.25. The monoisotopic (exact) mass is 275 g/mol. The van der Waals surface area contributed by atoms with Gasteiger partial charge in [0.1, 0.15) is 11.8 Å². The zero-order chi connectivity index (χ0) is 14.1. The van der Waals surface area contributed by atoms with Gasteiger partial charge in [-0.15, -0.1) is 0 Å². The zero-order valence-corrected chi connectivity index (χ0v) is 12.0. The summed E-state index contributed by atoms with van der Waals surface area (Å²) in [5, 5.41) is 0. The number of esters is 1. The number of cyclic esters (lactones) is 1. The molecule has 1 aromatic carbocycles. The van der Waals surface area contributed by atoms with Crippen molar-refractivity contribution in [3.63, 3.8) is 0 Å². The molecule has 4 heteroatoms. The van der Waals surface area contributed by atoms with E-state index in [2.05, 4.69) is 24.0 Å². The number of benzene rings is 1. The van der Waals surface area contributed by atoms with Crippen LogP contribution in [0.4, 0.5) is 0 Å². The van der Waals surface area contributed by atoms with E-state index in [0.717, 1.165) is 25.1 Å². The van der Waals surface area contributed by atoms with Gasteiger partial charge in [-0.1, -0.05) is 12.1 Å². The molecule has 0 unspecified atom stereocenters. The van der Waals surface area contributed by atoms with Gasteiger partial charge in [0.25, 0.3) is 0 Å². The van der Waals surface area contributed by atoms with E-state index < -0.39 is 0 Å². The highest BCUT2D eigenvalue weighted by molar-refractivity contribution is 5.77. The van der Waals surface area contributed by atoms with E-state index in [1.54, 1.807) is 7.11 Å². The normalized spacial score (nSPS) is 30.5. The second kappa shape index (κ2) is 5.44. The van der Waals surface area contributed by atoms with Crippen molar-refractivity contribution in [2.24, 2.45) is 0 Å². The number of nitrogens with zero attached hydrogens (tertiary/aromatic N) is 1. The average Bonchev–Trinajstić information content (AvgIpc) is 3.05. The van der Waals surface area contributed by atoms with Gasteiger partial charge in [-0.2, -0.15) is 0 Å². The van der Waals surface area contributed by atoms with Crippen molar-refractivity contribution in [1.82, 2.24) is 4.90 Å². The number of rotatable bonds is 3. The van der Waals surface area contributed by atoms with Crippen LogP contribution >= 0.6 is 0 Å². The third kappa shape index (κ3) is 2.40. The Morgan fingerprint density at radius 1 is 1.30 bits per heavy atom. The number of hydrogen-bond donors (Lipinski definition) is 0. The Balaban J connectivity index is 1.72. The molecule has 1 aromatic rings. The van der Waals surface area contributed by atoms with Gasteiger partial charge in [0, 0.05) is 19.0 Å². The Morgan fingerprint density at radius 2 is 2.05 bits per heavy atom. The van der Waals surface area contributed by atoms with Crippen LogP contribution in [0.5, 0.6) is 5.75 Å². The lowest BCUT2D eigenvalue weighted by molar-refractivity contribution is -0.142. The fourth-order valence-electron chi connectivity index (χ4n) is 3.39. The van der Waals surface area contributed by atoms with E-state index in [-0.39, 0.29) is 12.0 Å². The zero-order valence-electron chi connectivity index (χ0n) is 12.0. The standard InChI is InChI=1S/C16H21NO3/c1-11-9-13(12-3-5-14(19-2)6-4-12)10-17(11)15-7-8-20-16(15)18/h3-6,11,13,15H,7-10H2,1-2H3/t11-,13-,15+/m0/s1. The number of carbonyl (C=O) groups is 1. The number of ether oxygens (including phenoxy) is 2. The highest BCUT2D eigenvalue weighted by atomic mass is 16.5. The van der Waals surface area contributed by atoms with Crippen LogP contribution in [0, 0.1) is 0 Å². The van der Waals surface area contributed by atoms with Gasteiger partial charge in [-0.05, 0) is 37.0 Å². The van der Waals surface area contributed by atoms with E-state index in [1.165, 1.54) is 5.56 Å². The van der Waals surface area contributed by atoms with E-state index >= 15 is 0 Å². The maximum Gasteiger partial charge on any atom is 0.323 e. The van der Waals surface area contributed by atoms with E-state index in [1.807, 2.05) is 12.1 Å². The molecule has 2 fully saturated rings. The van der Waals surface area contributed by atoms with Crippen LogP contribution in [-0.4, -0.2) is 43.2 Å². The molecule has 0 aliphatic carbocycles. The van der Waals surface area contributed by atoms with Crippen LogP contribution in [0.3, 0.4) is 0 Å². The Kier molecular flexibility index (Phi) is 3.66. The molecule has 108 valence electrons. The molecule has 3 atom stereocenters. The smallest absolute Gasteiger partial charge is 0.323 e. The molecular weight excluding hydrogens is 254 g/mol. The molecule has 0 saturated carbocycles. The van der Waals surface area contributed by atoms with Crippen molar-refractivity contribution >= 4 is 5.97 Å². The van der Waals surface area contributed by atoms with E-state index in [0.29, 0.717) is 18.6 Å². The molecule has 4 nitrogen and oxygen atoms in total. The second-order valence-corrected chi connectivity index (χ2v) is 5.72. The molecule has 2 aliphatic rings. The predicted octanol–water partition coefficient (Wildman–Crippen LogP) is 2.19. The highest BCUT2D eigenvalue weighted by Gasteiger charge is 2.40. The molecule has 2 saturated heterocycles. The summed E-state index contributed by atoms with van der Waals surface area (Å²) < 4.78 is 10.3. The fourth-order valence-corrected chi connectivity index (χ4v) is 3.39. The Labute approximate surface area is 119 Å². The molecule has 0 spiro atoms. The molecule has 2 heterocycles. The number of carbonyl (C=O) groups excluding carboxylic acids is 1. The van der Waals surface area contributed by atoms with Gasteiger partial charge < -0.3 is 9.47 Å². The summed E-state index contributed by atoms with van der Waals surface area (Å²) in [7, 11) is 1.68. The first kappa shape index (κ1) is 13.4. The molecule has 2 aliphatic heterocycles. The number of likely N-dealkylation sites (tertiary alicyclic amines) is 1. The molecule has 0 N–H and O–H groups in total. The molecular formula is C16H21NO3. The third-order valence-corrected chi connectivity index (χ3v) is 4.52. The highest BCUT2D eigenvalue weighted by Crippen LogP contribution is 2.35. The van der Waals surface area contributed by atoms with Gasteiger partial charge in [-0.25, -0.2) is 0 Å².